The van der Waals surface area contributed by atoms with Crippen molar-refractivity contribution < 1.29 is 13.9 Å². The standard InChI is InChI=1S/C15H18FNO2S/c1-15(2,3)19-14(18)17-6-4-10-8-11-5-7-20-13(11)12(16)9-10/h5,7-9H,4,6H2,1-3H3,(H,17,18). The summed E-state index contributed by atoms with van der Waals surface area (Å²) in [5.74, 6) is -0.204. The second-order valence-corrected chi connectivity index (χ2v) is 6.51. The van der Waals surface area contributed by atoms with Crippen LogP contribution in [-0.2, 0) is 11.2 Å². The minimum Gasteiger partial charge on any atom is -0.444 e. The van der Waals surface area contributed by atoms with Crippen molar-refractivity contribution in [3.05, 3.63) is 35.0 Å². The Kier molecular flexibility index (Phi) is 4.28. The van der Waals surface area contributed by atoms with Gasteiger partial charge >= 0.3 is 6.09 Å². The maximum Gasteiger partial charge on any atom is 0.407 e. The molecule has 20 heavy (non-hydrogen) atoms. The van der Waals surface area contributed by atoms with Crippen LogP contribution in [0.3, 0.4) is 0 Å². The maximum absolute atomic E-state index is 13.8. The van der Waals surface area contributed by atoms with Gasteiger partial charge in [0.05, 0.1) is 4.70 Å². The highest BCUT2D eigenvalue weighted by molar-refractivity contribution is 7.17. The summed E-state index contributed by atoms with van der Waals surface area (Å²) in [6.45, 7) is 5.86. The summed E-state index contributed by atoms with van der Waals surface area (Å²) in [5, 5.41) is 5.44. The van der Waals surface area contributed by atoms with Gasteiger partial charge < -0.3 is 10.1 Å². The van der Waals surface area contributed by atoms with Crippen LogP contribution in [0, 0.1) is 5.82 Å². The van der Waals surface area contributed by atoms with Gasteiger partial charge in [0.2, 0.25) is 0 Å². The Morgan fingerprint density at radius 1 is 1.40 bits per heavy atom. The third-order valence-corrected chi connectivity index (χ3v) is 3.59. The smallest absolute Gasteiger partial charge is 0.407 e. The minimum absolute atomic E-state index is 0.204. The molecule has 0 fully saturated rings. The van der Waals surface area contributed by atoms with Crippen molar-refractivity contribution in [3.8, 4) is 0 Å². The van der Waals surface area contributed by atoms with Gasteiger partial charge in [-0.15, -0.1) is 11.3 Å². The molecule has 1 aromatic carbocycles. The van der Waals surface area contributed by atoms with Crippen LogP contribution in [0.5, 0.6) is 0 Å². The molecule has 0 saturated heterocycles. The highest BCUT2D eigenvalue weighted by Crippen LogP contribution is 2.25. The zero-order valence-electron chi connectivity index (χ0n) is 11.8. The SMILES string of the molecule is CC(C)(C)OC(=O)NCCc1cc(F)c2sccc2c1. The maximum atomic E-state index is 13.8. The highest BCUT2D eigenvalue weighted by Gasteiger charge is 2.15. The number of rotatable bonds is 3. The van der Waals surface area contributed by atoms with Gasteiger partial charge in [0.25, 0.3) is 0 Å². The molecule has 1 aromatic heterocycles. The van der Waals surface area contributed by atoms with E-state index in [-0.39, 0.29) is 5.82 Å². The Hall–Kier alpha value is -1.62. The molecule has 0 saturated carbocycles. The number of carbonyl (C=O) groups excluding carboxylic acids is 1. The molecule has 0 aliphatic heterocycles. The van der Waals surface area contributed by atoms with E-state index >= 15 is 0 Å². The highest BCUT2D eigenvalue weighted by atomic mass is 32.1. The summed E-state index contributed by atoms with van der Waals surface area (Å²) in [6.07, 6.45) is 0.122. The van der Waals surface area contributed by atoms with Gasteiger partial charge in [0.15, 0.2) is 0 Å². The molecule has 2 rings (SSSR count). The van der Waals surface area contributed by atoms with E-state index in [9.17, 15) is 9.18 Å². The monoisotopic (exact) mass is 295 g/mol. The summed E-state index contributed by atoms with van der Waals surface area (Å²) >= 11 is 1.39. The molecule has 1 amide bonds. The van der Waals surface area contributed by atoms with Crippen LogP contribution in [0.2, 0.25) is 0 Å². The van der Waals surface area contributed by atoms with Crippen LogP contribution in [0.1, 0.15) is 26.3 Å². The van der Waals surface area contributed by atoms with Crippen molar-refractivity contribution in [2.24, 2.45) is 0 Å². The number of nitrogens with one attached hydrogen (secondary N) is 1. The summed E-state index contributed by atoms with van der Waals surface area (Å²) in [7, 11) is 0. The molecule has 0 atom stereocenters. The normalized spacial score (nSPS) is 11.6. The Bertz CT molecular complexity index is 616. The van der Waals surface area contributed by atoms with Gasteiger partial charge in [-0.25, -0.2) is 9.18 Å². The summed E-state index contributed by atoms with van der Waals surface area (Å²) in [5.41, 5.74) is 0.357. The molecule has 108 valence electrons. The molecule has 1 heterocycles. The number of amides is 1. The summed E-state index contributed by atoms with van der Waals surface area (Å²) in [4.78, 5) is 11.5. The number of halogens is 1. The Morgan fingerprint density at radius 2 is 2.15 bits per heavy atom. The lowest BCUT2D eigenvalue weighted by Gasteiger charge is -2.19. The van der Waals surface area contributed by atoms with Crippen LogP contribution < -0.4 is 5.32 Å². The van der Waals surface area contributed by atoms with E-state index in [1.807, 2.05) is 38.3 Å². The second-order valence-electron chi connectivity index (χ2n) is 5.60. The first-order valence-corrected chi connectivity index (χ1v) is 7.35. The molecule has 0 aliphatic rings. The van der Waals surface area contributed by atoms with E-state index < -0.39 is 11.7 Å². The third kappa shape index (κ3) is 3.93. The lowest BCUT2D eigenvalue weighted by Crippen LogP contribution is -2.33. The van der Waals surface area contributed by atoms with E-state index in [0.717, 1.165) is 10.9 Å². The van der Waals surface area contributed by atoms with Crippen LogP contribution in [0.4, 0.5) is 9.18 Å². The molecule has 0 radical (unpaired) electrons. The Labute approximate surface area is 121 Å². The van der Waals surface area contributed by atoms with Crippen molar-refractivity contribution in [2.75, 3.05) is 6.54 Å². The summed E-state index contributed by atoms with van der Waals surface area (Å²) < 4.78 is 19.6. The van der Waals surface area contributed by atoms with Crippen molar-refractivity contribution >= 4 is 27.5 Å². The van der Waals surface area contributed by atoms with Gasteiger partial charge in [-0.1, -0.05) is 6.07 Å². The van der Waals surface area contributed by atoms with E-state index in [0.29, 0.717) is 17.7 Å². The van der Waals surface area contributed by atoms with Crippen molar-refractivity contribution in [1.29, 1.82) is 0 Å². The average molecular weight is 295 g/mol. The molecule has 0 bridgehead atoms. The fourth-order valence-corrected chi connectivity index (χ4v) is 2.65. The lowest BCUT2D eigenvalue weighted by molar-refractivity contribution is 0.0528. The van der Waals surface area contributed by atoms with Crippen LogP contribution in [0.25, 0.3) is 10.1 Å². The molecule has 2 aromatic rings. The van der Waals surface area contributed by atoms with Gasteiger partial charge in [0, 0.05) is 6.54 Å². The number of hydrogen-bond donors (Lipinski definition) is 1. The van der Waals surface area contributed by atoms with Crippen molar-refractivity contribution in [1.82, 2.24) is 5.32 Å². The number of hydrogen-bond acceptors (Lipinski definition) is 3. The van der Waals surface area contributed by atoms with E-state index in [1.165, 1.54) is 17.4 Å². The summed E-state index contributed by atoms with van der Waals surface area (Å²) in [6, 6.07) is 5.37. The topological polar surface area (TPSA) is 38.3 Å². The van der Waals surface area contributed by atoms with E-state index in [1.54, 1.807) is 0 Å². The van der Waals surface area contributed by atoms with E-state index in [2.05, 4.69) is 5.32 Å². The molecular formula is C15H18FNO2S. The molecule has 0 spiro atoms. The fourth-order valence-electron chi connectivity index (χ4n) is 1.86. The molecule has 0 aliphatic carbocycles. The van der Waals surface area contributed by atoms with Gasteiger partial charge in [-0.2, -0.15) is 0 Å². The van der Waals surface area contributed by atoms with Gasteiger partial charge in [-0.05, 0) is 55.7 Å². The zero-order valence-corrected chi connectivity index (χ0v) is 12.6. The quantitative estimate of drug-likeness (QED) is 0.925. The zero-order chi connectivity index (χ0) is 14.8. The molecule has 1 N–H and O–H groups in total. The predicted molar refractivity (Wildman–Crippen MR) is 79.7 cm³/mol. The largest absolute Gasteiger partial charge is 0.444 e. The Morgan fingerprint density at radius 3 is 2.85 bits per heavy atom. The first-order chi connectivity index (χ1) is 9.35. The van der Waals surface area contributed by atoms with Gasteiger partial charge in [-0.3, -0.25) is 0 Å². The van der Waals surface area contributed by atoms with Crippen molar-refractivity contribution in [2.45, 2.75) is 32.8 Å². The first kappa shape index (κ1) is 14.8. The molecule has 3 nitrogen and oxygen atoms in total. The number of ether oxygens (including phenoxy) is 1. The lowest BCUT2D eigenvalue weighted by atomic mass is 10.1. The Balaban J connectivity index is 1.91. The number of carbonyl (C=O) groups is 1. The second kappa shape index (κ2) is 5.79. The third-order valence-electron chi connectivity index (χ3n) is 2.65. The average Bonchev–Trinajstić information content (AvgIpc) is 2.75. The fraction of sp³-hybridized carbons (Fsp3) is 0.400. The number of fused-ring (bicyclic) bond motifs is 1. The first-order valence-electron chi connectivity index (χ1n) is 6.47. The molecule has 5 heteroatoms. The molecular weight excluding hydrogens is 277 g/mol. The number of thiophene rings is 1. The van der Waals surface area contributed by atoms with Crippen LogP contribution in [0.15, 0.2) is 23.6 Å². The van der Waals surface area contributed by atoms with Crippen LogP contribution in [-0.4, -0.2) is 18.2 Å². The van der Waals surface area contributed by atoms with Gasteiger partial charge in [0.1, 0.15) is 11.4 Å². The predicted octanol–water partition coefficient (Wildman–Crippen LogP) is 4.11. The molecule has 0 unspecified atom stereocenters. The number of benzene rings is 1. The minimum atomic E-state index is -0.508. The van der Waals surface area contributed by atoms with Crippen LogP contribution >= 0.6 is 11.3 Å². The van der Waals surface area contributed by atoms with E-state index in [4.69, 9.17) is 4.74 Å². The van der Waals surface area contributed by atoms with Crippen molar-refractivity contribution in [3.63, 3.8) is 0 Å². The number of alkyl carbamates (subject to hydrolysis) is 1.